The molecule has 1 N–H and O–H groups in total. The van der Waals surface area contributed by atoms with Crippen molar-refractivity contribution < 1.29 is 14.3 Å². The van der Waals surface area contributed by atoms with Gasteiger partial charge in [-0.05, 0) is 72.9 Å². The number of aryl methyl sites for hydroxylation is 2. The van der Waals surface area contributed by atoms with Gasteiger partial charge >= 0.3 is 0 Å². The number of carbonyl (C=O) groups excluding carboxylic acids is 2. The Morgan fingerprint density at radius 1 is 0.848 bits per heavy atom. The maximum absolute atomic E-state index is 13.5. The van der Waals surface area contributed by atoms with E-state index in [2.05, 4.69) is 19.2 Å². The van der Waals surface area contributed by atoms with Crippen molar-refractivity contribution in [3.63, 3.8) is 0 Å². The van der Waals surface area contributed by atoms with Crippen LogP contribution in [0, 0.1) is 19.8 Å². The summed E-state index contributed by atoms with van der Waals surface area (Å²) in [6.45, 7) is 8.82. The van der Waals surface area contributed by atoms with E-state index >= 15 is 0 Å². The lowest BCUT2D eigenvalue weighted by atomic mass is 10.0. The lowest BCUT2D eigenvalue weighted by Crippen LogP contribution is -2.32. The first-order chi connectivity index (χ1) is 15.8. The predicted octanol–water partition coefficient (Wildman–Crippen LogP) is 5.73. The first kappa shape index (κ1) is 22.3. The molecule has 0 fully saturated rings. The smallest absolute Gasteiger partial charge is 0.282 e. The van der Waals surface area contributed by atoms with Gasteiger partial charge in [-0.25, -0.2) is 4.90 Å². The van der Waals surface area contributed by atoms with Crippen LogP contribution in [0.4, 0.5) is 11.4 Å². The van der Waals surface area contributed by atoms with Crippen LogP contribution < -0.4 is 15.0 Å². The molecule has 3 aromatic rings. The average molecular weight is 441 g/mol. The number of hydrogen-bond acceptors (Lipinski definition) is 4. The zero-order chi connectivity index (χ0) is 23.5. The number of carbonyl (C=O) groups is 2. The summed E-state index contributed by atoms with van der Waals surface area (Å²) in [6.07, 6.45) is 0. The van der Waals surface area contributed by atoms with Crippen molar-refractivity contribution in [2.75, 3.05) is 16.8 Å². The average Bonchev–Trinajstić information content (AvgIpc) is 3.05. The molecule has 0 unspecified atom stereocenters. The molecular weight excluding hydrogens is 412 g/mol. The van der Waals surface area contributed by atoms with Gasteiger partial charge in [0.15, 0.2) is 0 Å². The van der Waals surface area contributed by atoms with Crippen LogP contribution in [0.2, 0.25) is 0 Å². The van der Waals surface area contributed by atoms with Crippen molar-refractivity contribution in [2.24, 2.45) is 5.92 Å². The summed E-state index contributed by atoms with van der Waals surface area (Å²) in [5, 5.41) is 3.22. The second kappa shape index (κ2) is 9.33. The van der Waals surface area contributed by atoms with E-state index in [0.29, 0.717) is 35.1 Å². The third-order valence-corrected chi connectivity index (χ3v) is 5.60. The van der Waals surface area contributed by atoms with Crippen LogP contribution in [0.15, 0.2) is 78.5 Å². The molecule has 168 valence electrons. The molecule has 5 heteroatoms. The van der Waals surface area contributed by atoms with Crippen LogP contribution in [0.5, 0.6) is 5.75 Å². The first-order valence-electron chi connectivity index (χ1n) is 11.1. The van der Waals surface area contributed by atoms with Gasteiger partial charge in [0.05, 0.1) is 17.9 Å². The number of hydrogen-bond donors (Lipinski definition) is 1. The summed E-state index contributed by atoms with van der Waals surface area (Å²) < 4.78 is 5.74. The Morgan fingerprint density at radius 2 is 1.55 bits per heavy atom. The summed E-state index contributed by atoms with van der Waals surface area (Å²) in [7, 11) is 0. The number of anilines is 2. The highest BCUT2D eigenvalue weighted by molar-refractivity contribution is 6.46. The molecule has 0 bridgehead atoms. The molecule has 0 atom stereocenters. The second-order valence-corrected chi connectivity index (χ2v) is 8.68. The zero-order valence-electron chi connectivity index (χ0n) is 19.4. The second-order valence-electron chi connectivity index (χ2n) is 8.68. The quantitative estimate of drug-likeness (QED) is 0.476. The minimum absolute atomic E-state index is 0.273. The lowest BCUT2D eigenvalue weighted by molar-refractivity contribution is -0.120. The van der Waals surface area contributed by atoms with Crippen molar-refractivity contribution in [2.45, 2.75) is 27.7 Å². The summed E-state index contributed by atoms with van der Waals surface area (Å²) >= 11 is 0. The van der Waals surface area contributed by atoms with E-state index in [1.165, 1.54) is 4.90 Å². The Bertz CT molecular complexity index is 1210. The minimum atomic E-state index is -0.382. The Kier molecular flexibility index (Phi) is 6.31. The lowest BCUT2D eigenvalue weighted by Gasteiger charge is -2.16. The van der Waals surface area contributed by atoms with Gasteiger partial charge in [-0.1, -0.05) is 50.2 Å². The number of imide groups is 1. The molecule has 3 aromatic carbocycles. The van der Waals surface area contributed by atoms with Gasteiger partial charge in [0.25, 0.3) is 11.8 Å². The topological polar surface area (TPSA) is 58.6 Å². The van der Waals surface area contributed by atoms with E-state index < -0.39 is 0 Å². The predicted molar refractivity (Wildman–Crippen MR) is 132 cm³/mol. The van der Waals surface area contributed by atoms with Crippen LogP contribution in [-0.2, 0) is 9.59 Å². The van der Waals surface area contributed by atoms with Crippen LogP contribution >= 0.6 is 0 Å². The third-order valence-electron chi connectivity index (χ3n) is 5.60. The SMILES string of the molecule is Cc1ccc(NC2=C(c3ccccc3)C(=O)N(c3ccc(OCC(C)C)cc3)C2=O)cc1C. The number of nitrogens with zero attached hydrogens (tertiary/aromatic N) is 1. The molecule has 1 aliphatic rings. The van der Waals surface area contributed by atoms with Crippen molar-refractivity contribution in [1.82, 2.24) is 0 Å². The van der Waals surface area contributed by atoms with Gasteiger partial charge in [0.2, 0.25) is 0 Å². The molecule has 1 aliphatic heterocycles. The fraction of sp³-hybridized carbons (Fsp3) is 0.214. The van der Waals surface area contributed by atoms with Crippen LogP contribution in [0.3, 0.4) is 0 Å². The standard InChI is InChI=1S/C28H28N2O3/c1-18(2)17-33-24-14-12-23(13-15-24)30-27(31)25(21-8-6-5-7-9-21)26(28(30)32)29-22-11-10-19(3)20(4)16-22/h5-16,18,29H,17H2,1-4H3. The number of amides is 2. The minimum Gasteiger partial charge on any atom is -0.493 e. The Labute approximate surface area is 194 Å². The molecule has 0 saturated heterocycles. The van der Waals surface area contributed by atoms with E-state index in [9.17, 15) is 9.59 Å². The number of rotatable bonds is 7. The number of ether oxygens (including phenoxy) is 1. The fourth-order valence-electron chi connectivity index (χ4n) is 3.67. The fourth-order valence-corrected chi connectivity index (χ4v) is 3.67. The molecule has 0 aliphatic carbocycles. The summed E-state index contributed by atoms with van der Waals surface area (Å²) in [4.78, 5) is 28.2. The molecule has 0 saturated carbocycles. The Hall–Kier alpha value is -3.86. The molecule has 1 heterocycles. The Morgan fingerprint density at radius 3 is 2.18 bits per heavy atom. The molecule has 33 heavy (non-hydrogen) atoms. The molecule has 0 radical (unpaired) electrons. The van der Waals surface area contributed by atoms with Gasteiger partial charge in [0, 0.05) is 5.69 Å². The third kappa shape index (κ3) is 4.67. The van der Waals surface area contributed by atoms with E-state index in [4.69, 9.17) is 4.74 Å². The summed E-state index contributed by atoms with van der Waals surface area (Å²) in [5.74, 6) is 0.376. The number of benzene rings is 3. The van der Waals surface area contributed by atoms with Gasteiger partial charge < -0.3 is 10.1 Å². The van der Waals surface area contributed by atoms with Gasteiger partial charge in [-0.3, -0.25) is 9.59 Å². The molecule has 4 rings (SSSR count). The van der Waals surface area contributed by atoms with Crippen molar-refractivity contribution in [3.8, 4) is 5.75 Å². The van der Waals surface area contributed by atoms with Crippen LogP contribution in [-0.4, -0.2) is 18.4 Å². The van der Waals surface area contributed by atoms with E-state index in [0.717, 1.165) is 16.8 Å². The van der Waals surface area contributed by atoms with Crippen molar-refractivity contribution in [3.05, 3.63) is 95.2 Å². The normalized spacial score (nSPS) is 13.8. The van der Waals surface area contributed by atoms with E-state index in [-0.39, 0.29) is 17.5 Å². The monoisotopic (exact) mass is 440 g/mol. The largest absolute Gasteiger partial charge is 0.493 e. The first-order valence-corrected chi connectivity index (χ1v) is 11.1. The molecule has 2 amide bonds. The highest BCUT2D eigenvalue weighted by atomic mass is 16.5. The maximum atomic E-state index is 13.5. The van der Waals surface area contributed by atoms with E-state index in [1.54, 1.807) is 24.3 Å². The molecule has 0 spiro atoms. The highest BCUT2D eigenvalue weighted by Crippen LogP contribution is 2.34. The van der Waals surface area contributed by atoms with Crippen molar-refractivity contribution in [1.29, 1.82) is 0 Å². The van der Waals surface area contributed by atoms with Gasteiger partial charge in [0.1, 0.15) is 11.4 Å². The summed E-state index contributed by atoms with van der Waals surface area (Å²) in [6, 6.07) is 22.2. The Balaban J connectivity index is 1.69. The summed E-state index contributed by atoms with van der Waals surface area (Å²) in [5.41, 5.74) is 4.87. The number of nitrogens with one attached hydrogen (secondary N) is 1. The molecule has 0 aromatic heterocycles. The van der Waals surface area contributed by atoms with Gasteiger partial charge in [-0.2, -0.15) is 0 Å². The van der Waals surface area contributed by atoms with Crippen molar-refractivity contribution >= 4 is 28.8 Å². The van der Waals surface area contributed by atoms with Crippen LogP contribution in [0.1, 0.15) is 30.5 Å². The zero-order valence-corrected chi connectivity index (χ0v) is 19.4. The van der Waals surface area contributed by atoms with Crippen LogP contribution in [0.25, 0.3) is 5.57 Å². The maximum Gasteiger partial charge on any atom is 0.282 e. The molecular formula is C28H28N2O3. The molecule has 5 nitrogen and oxygen atoms in total. The van der Waals surface area contributed by atoms with Gasteiger partial charge in [-0.15, -0.1) is 0 Å². The highest BCUT2D eigenvalue weighted by Gasteiger charge is 2.40. The van der Waals surface area contributed by atoms with E-state index in [1.807, 2.05) is 62.4 Å².